The SMILES string of the molecule is CC(C)(C)c1cc2c3c(c1)CCN3CC2. The summed E-state index contributed by atoms with van der Waals surface area (Å²) >= 11 is 0. The van der Waals surface area contributed by atoms with Crippen LogP contribution in [0.1, 0.15) is 37.5 Å². The first kappa shape index (κ1) is 9.26. The lowest BCUT2D eigenvalue weighted by Crippen LogP contribution is -2.17. The lowest BCUT2D eigenvalue weighted by atomic mass is 9.84. The Kier molecular flexibility index (Phi) is 1.72. The molecule has 80 valence electrons. The summed E-state index contributed by atoms with van der Waals surface area (Å²) in [5, 5.41) is 0. The first-order chi connectivity index (χ1) is 7.05. The zero-order valence-electron chi connectivity index (χ0n) is 9.93. The Morgan fingerprint density at radius 1 is 1.00 bits per heavy atom. The van der Waals surface area contributed by atoms with Crippen molar-refractivity contribution < 1.29 is 0 Å². The van der Waals surface area contributed by atoms with Crippen molar-refractivity contribution in [3.05, 3.63) is 28.8 Å². The van der Waals surface area contributed by atoms with E-state index in [2.05, 4.69) is 37.8 Å². The van der Waals surface area contributed by atoms with Crippen LogP contribution in [0.5, 0.6) is 0 Å². The second kappa shape index (κ2) is 2.78. The van der Waals surface area contributed by atoms with Crippen LogP contribution in [0.15, 0.2) is 12.1 Å². The number of rotatable bonds is 0. The molecule has 3 rings (SSSR count). The highest BCUT2D eigenvalue weighted by atomic mass is 15.2. The predicted octanol–water partition coefficient (Wildman–Crippen LogP) is 2.90. The lowest BCUT2D eigenvalue weighted by Gasteiger charge is -2.21. The maximum atomic E-state index is 2.55. The molecule has 2 heterocycles. The predicted molar refractivity (Wildman–Crippen MR) is 64.8 cm³/mol. The molecule has 1 heteroatoms. The van der Waals surface area contributed by atoms with Gasteiger partial charge in [0.25, 0.3) is 0 Å². The first-order valence-electron chi connectivity index (χ1n) is 5.97. The standard InChI is InChI=1S/C14H19N/c1-14(2,3)12-8-10-4-6-15-7-5-11(9-12)13(10)15/h8-9H,4-7H2,1-3H3. The molecule has 0 atom stereocenters. The molecule has 1 aromatic rings. The summed E-state index contributed by atoms with van der Waals surface area (Å²) in [5.74, 6) is 0. The Bertz CT molecular complexity index is 383. The second-order valence-electron chi connectivity index (χ2n) is 5.88. The Hall–Kier alpha value is -0.980. The third-order valence-corrected chi connectivity index (χ3v) is 3.75. The average Bonchev–Trinajstić information content (AvgIpc) is 2.72. The van der Waals surface area contributed by atoms with E-state index in [0.717, 1.165) is 0 Å². The fourth-order valence-corrected chi connectivity index (χ4v) is 2.83. The Morgan fingerprint density at radius 2 is 1.53 bits per heavy atom. The number of hydrogen-bond acceptors (Lipinski definition) is 1. The van der Waals surface area contributed by atoms with Crippen LogP contribution in [0.2, 0.25) is 0 Å². The van der Waals surface area contributed by atoms with Gasteiger partial charge in [-0.3, -0.25) is 0 Å². The van der Waals surface area contributed by atoms with Gasteiger partial charge in [-0.25, -0.2) is 0 Å². The molecule has 0 spiro atoms. The third-order valence-electron chi connectivity index (χ3n) is 3.75. The molecule has 0 saturated heterocycles. The molecule has 0 saturated carbocycles. The van der Waals surface area contributed by atoms with Crippen LogP contribution in [-0.4, -0.2) is 13.1 Å². The van der Waals surface area contributed by atoms with Gasteiger partial charge in [0.2, 0.25) is 0 Å². The minimum absolute atomic E-state index is 0.293. The summed E-state index contributed by atoms with van der Waals surface area (Å²) in [6.07, 6.45) is 2.51. The molecule has 0 bridgehead atoms. The second-order valence-corrected chi connectivity index (χ2v) is 5.88. The van der Waals surface area contributed by atoms with Crippen molar-refractivity contribution in [1.29, 1.82) is 0 Å². The van der Waals surface area contributed by atoms with E-state index in [-0.39, 0.29) is 0 Å². The summed E-state index contributed by atoms with van der Waals surface area (Å²) in [6, 6.07) is 4.87. The van der Waals surface area contributed by atoms with Crippen LogP contribution < -0.4 is 4.90 Å². The Labute approximate surface area is 92.1 Å². The van der Waals surface area contributed by atoms with Crippen LogP contribution in [0, 0.1) is 0 Å². The molecule has 2 aliphatic rings. The normalized spacial score (nSPS) is 18.5. The topological polar surface area (TPSA) is 3.24 Å². The Morgan fingerprint density at radius 3 is 2.00 bits per heavy atom. The van der Waals surface area contributed by atoms with E-state index in [1.807, 2.05) is 0 Å². The molecule has 0 aliphatic carbocycles. The van der Waals surface area contributed by atoms with Crippen molar-refractivity contribution >= 4 is 5.69 Å². The summed E-state index contributed by atoms with van der Waals surface area (Å²) in [6.45, 7) is 9.42. The van der Waals surface area contributed by atoms with E-state index in [0.29, 0.717) is 5.41 Å². The summed E-state index contributed by atoms with van der Waals surface area (Å²) in [5.41, 5.74) is 6.56. The summed E-state index contributed by atoms with van der Waals surface area (Å²) in [4.78, 5) is 2.55. The van der Waals surface area contributed by atoms with Gasteiger partial charge in [-0.2, -0.15) is 0 Å². The van der Waals surface area contributed by atoms with E-state index >= 15 is 0 Å². The molecule has 0 unspecified atom stereocenters. The highest BCUT2D eigenvalue weighted by molar-refractivity contribution is 5.68. The van der Waals surface area contributed by atoms with Gasteiger partial charge in [-0.1, -0.05) is 32.9 Å². The van der Waals surface area contributed by atoms with Crippen LogP contribution in [0.25, 0.3) is 0 Å². The molecule has 15 heavy (non-hydrogen) atoms. The van der Waals surface area contributed by atoms with E-state index in [1.165, 1.54) is 31.5 Å². The van der Waals surface area contributed by atoms with Crippen LogP contribution in [0.4, 0.5) is 5.69 Å². The number of anilines is 1. The maximum absolute atomic E-state index is 2.55. The third kappa shape index (κ3) is 1.29. The molecular weight excluding hydrogens is 182 g/mol. The number of hydrogen-bond donors (Lipinski definition) is 0. The van der Waals surface area contributed by atoms with Gasteiger partial charge >= 0.3 is 0 Å². The van der Waals surface area contributed by atoms with Crippen molar-refractivity contribution in [2.24, 2.45) is 0 Å². The molecular formula is C14H19N. The molecule has 1 nitrogen and oxygen atoms in total. The summed E-state index contributed by atoms with van der Waals surface area (Å²) < 4.78 is 0. The van der Waals surface area contributed by atoms with E-state index in [4.69, 9.17) is 0 Å². The minimum atomic E-state index is 0.293. The lowest BCUT2D eigenvalue weighted by molar-refractivity contribution is 0.589. The fourth-order valence-electron chi connectivity index (χ4n) is 2.83. The minimum Gasteiger partial charge on any atom is -0.370 e. The number of benzene rings is 1. The van der Waals surface area contributed by atoms with Crippen molar-refractivity contribution in [2.75, 3.05) is 18.0 Å². The van der Waals surface area contributed by atoms with Crippen LogP contribution in [-0.2, 0) is 18.3 Å². The van der Waals surface area contributed by atoms with Gasteiger partial charge in [0.15, 0.2) is 0 Å². The quantitative estimate of drug-likeness (QED) is 0.624. The van der Waals surface area contributed by atoms with E-state index < -0.39 is 0 Å². The summed E-state index contributed by atoms with van der Waals surface area (Å²) in [7, 11) is 0. The molecule has 0 N–H and O–H groups in total. The molecule has 0 amide bonds. The number of nitrogens with zero attached hydrogens (tertiary/aromatic N) is 1. The van der Waals surface area contributed by atoms with Gasteiger partial charge in [-0.15, -0.1) is 0 Å². The van der Waals surface area contributed by atoms with Crippen LogP contribution >= 0.6 is 0 Å². The first-order valence-corrected chi connectivity index (χ1v) is 5.97. The average molecular weight is 201 g/mol. The zero-order valence-corrected chi connectivity index (χ0v) is 9.93. The zero-order chi connectivity index (χ0) is 10.6. The largest absolute Gasteiger partial charge is 0.370 e. The monoisotopic (exact) mass is 201 g/mol. The maximum Gasteiger partial charge on any atom is 0.0433 e. The van der Waals surface area contributed by atoms with Gasteiger partial charge in [0.1, 0.15) is 0 Å². The van der Waals surface area contributed by atoms with Crippen molar-refractivity contribution in [1.82, 2.24) is 0 Å². The van der Waals surface area contributed by atoms with E-state index in [1.54, 1.807) is 16.8 Å². The van der Waals surface area contributed by atoms with Gasteiger partial charge in [0, 0.05) is 18.8 Å². The molecule has 0 fully saturated rings. The van der Waals surface area contributed by atoms with Crippen LogP contribution in [0.3, 0.4) is 0 Å². The van der Waals surface area contributed by atoms with Gasteiger partial charge in [-0.05, 0) is 34.9 Å². The highest BCUT2D eigenvalue weighted by Gasteiger charge is 2.29. The molecule has 0 radical (unpaired) electrons. The van der Waals surface area contributed by atoms with Crippen molar-refractivity contribution in [3.63, 3.8) is 0 Å². The fraction of sp³-hybridized carbons (Fsp3) is 0.571. The smallest absolute Gasteiger partial charge is 0.0433 e. The molecule has 1 aromatic carbocycles. The van der Waals surface area contributed by atoms with Gasteiger partial charge in [0.05, 0.1) is 0 Å². The van der Waals surface area contributed by atoms with Gasteiger partial charge < -0.3 is 4.90 Å². The van der Waals surface area contributed by atoms with Crippen molar-refractivity contribution in [3.8, 4) is 0 Å². The van der Waals surface area contributed by atoms with E-state index in [9.17, 15) is 0 Å². The highest BCUT2D eigenvalue weighted by Crippen LogP contribution is 2.40. The van der Waals surface area contributed by atoms with Crippen molar-refractivity contribution in [2.45, 2.75) is 39.0 Å². The molecule has 2 aliphatic heterocycles. The Balaban J connectivity index is 2.17. The molecule has 0 aromatic heterocycles.